The second-order valence-electron chi connectivity index (χ2n) is 12.8. The summed E-state index contributed by atoms with van der Waals surface area (Å²) in [5.74, 6) is 0. The molecule has 0 unspecified atom stereocenters. The molecule has 9 aromatic carbocycles. The van der Waals surface area contributed by atoms with Crippen LogP contribution in [-0.4, -0.2) is 4.57 Å². The standard InChI is InChI=1S/C48H31N/c1-3-15-32(16-4-1)43-31-44-37-20-13-14-26-45(37)49(48(44)42-25-12-7-19-36(42)43)35-29-27-34(28-30-35)47-40-23-10-8-21-38(40)46(33-17-5-2-6-18-33)39-22-9-11-24-41(39)47/h1-31H. The van der Waals surface area contributed by atoms with Crippen molar-refractivity contribution in [2.75, 3.05) is 0 Å². The molecule has 10 rings (SSSR count). The number of rotatable bonds is 4. The Balaban J connectivity index is 1.22. The number of hydrogen-bond donors (Lipinski definition) is 0. The summed E-state index contributed by atoms with van der Waals surface area (Å²) in [5, 5.41) is 10.1. The average Bonchev–Trinajstić information content (AvgIpc) is 3.52. The van der Waals surface area contributed by atoms with Gasteiger partial charge in [-0.05, 0) is 84.6 Å². The van der Waals surface area contributed by atoms with Crippen LogP contribution in [0.5, 0.6) is 0 Å². The Labute approximate surface area is 284 Å². The molecule has 49 heavy (non-hydrogen) atoms. The number of aromatic nitrogens is 1. The lowest BCUT2D eigenvalue weighted by molar-refractivity contribution is 1.19. The summed E-state index contributed by atoms with van der Waals surface area (Å²) in [6, 6.07) is 68.6. The Bertz CT molecular complexity index is 2790. The molecule has 0 N–H and O–H groups in total. The van der Waals surface area contributed by atoms with E-state index in [1.165, 1.54) is 87.5 Å². The minimum Gasteiger partial charge on any atom is -0.309 e. The van der Waals surface area contributed by atoms with Gasteiger partial charge in [0.15, 0.2) is 0 Å². The molecular formula is C48H31N. The molecule has 1 heteroatoms. The van der Waals surface area contributed by atoms with Gasteiger partial charge in [0.25, 0.3) is 0 Å². The van der Waals surface area contributed by atoms with Crippen molar-refractivity contribution in [2.24, 2.45) is 0 Å². The van der Waals surface area contributed by atoms with Crippen molar-refractivity contribution in [1.82, 2.24) is 4.57 Å². The Hall–Kier alpha value is -6.44. The number of hydrogen-bond acceptors (Lipinski definition) is 0. The summed E-state index contributed by atoms with van der Waals surface area (Å²) in [7, 11) is 0. The minimum atomic E-state index is 1.15. The van der Waals surface area contributed by atoms with Crippen LogP contribution in [0.1, 0.15) is 0 Å². The van der Waals surface area contributed by atoms with E-state index in [0.29, 0.717) is 0 Å². The van der Waals surface area contributed by atoms with Crippen molar-refractivity contribution in [2.45, 2.75) is 0 Å². The van der Waals surface area contributed by atoms with Crippen LogP contribution in [0.4, 0.5) is 0 Å². The first kappa shape index (κ1) is 27.7. The van der Waals surface area contributed by atoms with Crippen LogP contribution in [0.15, 0.2) is 188 Å². The van der Waals surface area contributed by atoms with E-state index in [9.17, 15) is 0 Å². The lowest BCUT2D eigenvalue weighted by Crippen LogP contribution is -1.95. The minimum absolute atomic E-state index is 1.15. The molecule has 0 atom stereocenters. The van der Waals surface area contributed by atoms with Gasteiger partial charge >= 0.3 is 0 Å². The molecule has 1 nitrogen and oxygen atoms in total. The SMILES string of the molecule is c1ccc(-c2c3ccccc3c(-c3ccc(-n4c5ccccc5c5cc(-c6ccccc6)c6ccccc6c54)cc3)c3ccccc23)cc1. The van der Waals surface area contributed by atoms with Crippen LogP contribution in [0.3, 0.4) is 0 Å². The summed E-state index contributed by atoms with van der Waals surface area (Å²) < 4.78 is 2.46. The highest BCUT2D eigenvalue weighted by Gasteiger charge is 2.19. The molecule has 1 aromatic heterocycles. The molecule has 10 aromatic rings. The van der Waals surface area contributed by atoms with Crippen LogP contribution < -0.4 is 0 Å². The van der Waals surface area contributed by atoms with E-state index in [0.717, 1.165) is 5.69 Å². The Morgan fingerprint density at radius 2 is 0.714 bits per heavy atom. The molecule has 0 spiro atoms. The third-order valence-corrected chi connectivity index (χ3v) is 10.2. The Morgan fingerprint density at radius 1 is 0.286 bits per heavy atom. The molecule has 228 valence electrons. The second-order valence-corrected chi connectivity index (χ2v) is 12.8. The maximum atomic E-state index is 2.46. The third-order valence-electron chi connectivity index (χ3n) is 10.2. The van der Waals surface area contributed by atoms with Gasteiger partial charge in [0.2, 0.25) is 0 Å². The van der Waals surface area contributed by atoms with Crippen molar-refractivity contribution >= 4 is 54.1 Å². The highest BCUT2D eigenvalue weighted by Crippen LogP contribution is 2.45. The third kappa shape index (κ3) is 4.26. The van der Waals surface area contributed by atoms with Gasteiger partial charge in [0.1, 0.15) is 0 Å². The lowest BCUT2D eigenvalue weighted by Gasteiger charge is -2.18. The van der Waals surface area contributed by atoms with E-state index >= 15 is 0 Å². The van der Waals surface area contributed by atoms with E-state index in [1.807, 2.05) is 0 Å². The maximum absolute atomic E-state index is 2.46. The van der Waals surface area contributed by atoms with E-state index < -0.39 is 0 Å². The summed E-state index contributed by atoms with van der Waals surface area (Å²) >= 11 is 0. The average molecular weight is 622 g/mol. The molecular weight excluding hydrogens is 591 g/mol. The summed E-state index contributed by atoms with van der Waals surface area (Å²) in [6.45, 7) is 0. The summed E-state index contributed by atoms with van der Waals surface area (Å²) in [6.07, 6.45) is 0. The van der Waals surface area contributed by atoms with Crippen LogP contribution in [0, 0.1) is 0 Å². The fourth-order valence-electron chi connectivity index (χ4n) is 8.08. The Morgan fingerprint density at radius 3 is 1.29 bits per heavy atom. The first-order valence-electron chi connectivity index (χ1n) is 17.0. The van der Waals surface area contributed by atoms with Crippen LogP contribution in [0.25, 0.3) is 93.2 Å². The quantitative estimate of drug-likeness (QED) is 0.172. The van der Waals surface area contributed by atoms with Gasteiger partial charge < -0.3 is 4.57 Å². The molecule has 0 fully saturated rings. The van der Waals surface area contributed by atoms with E-state index in [2.05, 4.69) is 193 Å². The maximum Gasteiger partial charge on any atom is 0.0619 e. The van der Waals surface area contributed by atoms with Crippen molar-refractivity contribution in [3.63, 3.8) is 0 Å². The zero-order valence-corrected chi connectivity index (χ0v) is 26.8. The van der Waals surface area contributed by atoms with E-state index in [4.69, 9.17) is 0 Å². The second kappa shape index (κ2) is 11.1. The fraction of sp³-hybridized carbons (Fsp3) is 0. The highest BCUT2D eigenvalue weighted by atomic mass is 15.0. The van der Waals surface area contributed by atoms with Gasteiger partial charge in [-0.25, -0.2) is 0 Å². The van der Waals surface area contributed by atoms with Crippen molar-refractivity contribution in [3.05, 3.63) is 188 Å². The predicted octanol–water partition coefficient (Wildman–Crippen LogP) is 13.2. The van der Waals surface area contributed by atoms with Crippen LogP contribution in [-0.2, 0) is 0 Å². The topological polar surface area (TPSA) is 4.93 Å². The first-order chi connectivity index (χ1) is 24.3. The summed E-state index contributed by atoms with van der Waals surface area (Å²) in [4.78, 5) is 0. The number of fused-ring (bicyclic) bond motifs is 7. The number of para-hydroxylation sites is 1. The molecule has 0 amide bonds. The summed E-state index contributed by atoms with van der Waals surface area (Å²) in [5.41, 5.74) is 11.1. The van der Waals surface area contributed by atoms with Gasteiger partial charge in [-0.15, -0.1) is 0 Å². The smallest absolute Gasteiger partial charge is 0.0619 e. The number of benzene rings is 9. The predicted molar refractivity (Wildman–Crippen MR) is 210 cm³/mol. The molecule has 0 aliphatic rings. The normalized spacial score (nSPS) is 11.7. The first-order valence-corrected chi connectivity index (χ1v) is 17.0. The lowest BCUT2D eigenvalue weighted by atomic mass is 9.86. The van der Waals surface area contributed by atoms with E-state index in [-0.39, 0.29) is 0 Å². The van der Waals surface area contributed by atoms with E-state index in [1.54, 1.807) is 0 Å². The van der Waals surface area contributed by atoms with Gasteiger partial charge in [-0.2, -0.15) is 0 Å². The largest absolute Gasteiger partial charge is 0.309 e. The molecule has 1 heterocycles. The fourth-order valence-corrected chi connectivity index (χ4v) is 8.08. The molecule has 0 aliphatic heterocycles. The molecule has 0 bridgehead atoms. The van der Waals surface area contributed by atoms with Gasteiger partial charge in [0.05, 0.1) is 11.0 Å². The van der Waals surface area contributed by atoms with Gasteiger partial charge in [0, 0.05) is 21.8 Å². The molecule has 0 radical (unpaired) electrons. The van der Waals surface area contributed by atoms with Crippen LogP contribution >= 0.6 is 0 Å². The molecule has 0 saturated carbocycles. The molecule has 0 aliphatic carbocycles. The zero-order chi connectivity index (χ0) is 32.3. The van der Waals surface area contributed by atoms with Crippen molar-refractivity contribution < 1.29 is 0 Å². The van der Waals surface area contributed by atoms with Crippen LogP contribution in [0.2, 0.25) is 0 Å². The Kier molecular flexibility index (Phi) is 6.25. The van der Waals surface area contributed by atoms with Gasteiger partial charge in [-0.1, -0.05) is 164 Å². The monoisotopic (exact) mass is 621 g/mol. The van der Waals surface area contributed by atoms with Crippen molar-refractivity contribution in [3.8, 4) is 39.1 Å². The number of nitrogens with zero attached hydrogens (tertiary/aromatic N) is 1. The zero-order valence-electron chi connectivity index (χ0n) is 26.8. The van der Waals surface area contributed by atoms with Gasteiger partial charge in [-0.3, -0.25) is 0 Å². The van der Waals surface area contributed by atoms with Crippen molar-refractivity contribution in [1.29, 1.82) is 0 Å². The molecule has 0 saturated heterocycles. The highest BCUT2D eigenvalue weighted by molar-refractivity contribution is 6.23.